The van der Waals surface area contributed by atoms with Crippen LogP contribution >= 0.6 is 0 Å². The van der Waals surface area contributed by atoms with E-state index in [1.165, 1.54) is 0 Å². The fourth-order valence-electron chi connectivity index (χ4n) is 4.07. The molecule has 0 radical (unpaired) electrons. The first-order chi connectivity index (χ1) is 13.4. The van der Waals surface area contributed by atoms with E-state index in [9.17, 15) is 14.7 Å². The number of pyridine rings is 1. The van der Waals surface area contributed by atoms with Gasteiger partial charge in [-0.1, -0.05) is 62.4 Å². The van der Waals surface area contributed by atoms with Crippen molar-refractivity contribution in [2.75, 3.05) is 0 Å². The van der Waals surface area contributed by atoms with Crippen LogP contribution in [-0.2, 0) is 12.8 Å². The minimum Gasteiger partial charge on any atom is -0.507 e. The topological polar surface area (TPSA) is 59.3 Å². The van der Waals surface area contributed by atoms with Gasteiger partial charge in [0.25, 0.3) is 5.56 Å². The van der Waals surface area contributed by atoms with E-state index in [4.69, 9.17) is 0 Å². The number of para-hydroxylation sites is 1. The van der Waals surface area contributed by atoms with Crippen LogP contribution in [0.2, 0.25) is 0 Å². The summed E-state index contributed by atoms with van der Waals surface area (Å²) in [6, 6.07) is 18.9. The number of carbonyl (C=O) groups excluding carboxylic acids is 1. The molecule has 0 bridgehead atoms. The van der Waals surface area contributed by atoms with Crippen LogP contribution < -0.4 is 5.56 Å². The van der Waals surface area contributed by atoms with Crippen LogP contribution in [0.25, 0.3) is 5.69 Å². The lowest BCUT2D eigenvalue weighted by Gasteiger charge is -2.33. The summed E-state index contributed by atoms with van der Waals surface area (Å²) in [7, 11) is 0. The Morgan fingerprint density at radius 2 is 1.54 bits per heavy atom. The first-order valence-corrected chi connectivity index (χ1v) is 9.50. The van der Waals surface area contributed by atoms with Crippen LogP contribution in [0.4, 0.5) is 0 Å². The number of hydrogen-bond acceptors (Lipinski definition) is 3. The molecule has 1 aliphatic carbocycles. The summed E-state index contributed by atoms with van der Waals surface area (Å²) in [5.74, 6) is -0.265. The molecule has 1 heterocycles. The van der Waals surface area contributed by atoms with Crippen molar-refractivity contribution in [2.24, 2.45) is 5.41 Å². The highest BCUT2D eigenvalue weighted by atomic mass is 16.3. The van der Waals surface area contributed by atoms with Crippen LogP contribution in [-0.4, -0.2) is 15.5 Å². The molecule has 0 spiro atoms. The van der Waals surface area contributed by atoms with E-state index < -0.39 is 0 Å². The molecule has 0 aliphatic heterocycles. The van der Waals surface area contributed by atoms with Crippen molar-refractivity contribution in [3.8, 4) is 11.4 Å². The van der Waals surface area contributed by atoms with Gasteiger partial charge in [0.1, 0.15) is 5.75 Å². The van der Waals surface area contributed by atoms with Gasteiger partial charge in [-0.15, -0.1) is 0 Å². The summed E-state index contributed by atoms with van der Waals surface area (Å²) in [6.45, 7) is 4.03. The third-order valence-corrected chi connectivity index (χ3v) is 5.34. The Hall–Kier alpha value is -3.14. The van der Waals surface area contributed by atoms with E-state index in [0.29, 0.717) is 29.8 Å². The van der Waals surface area contributed by atoms with Gasteiger partial charge in [0.05, 0.1) is 11.1 Å². The number of aromatic nitrogens is 1. The molecule has 142 valence electrons. The number of benzene rings is 2. The lowest BCUT2D eigenvalue weighted by Crippen LogP contribution is -2.36. The minimum atomic E-state index is -0.267. The zero-order valence-corrected chi connectivity index (χ0v) is 16.1. The normalized spacial score (nSPS) is 15.3. The second-order valence-corrected chi connectivity index (χ2v) is 8.23. The van der Waals surface area contributed by atoms with E-state index in [2.05, 4.69) is 0 Å². The molecular weight excluding hydrogens is 350 g/mol. The van der Waals surface area contributed by atoms with E-state index in [1.807, 2.05) is 74.5 Å². The first-order valence-electron chi connectivity index (χ1n) is 9.50. The van der Waals surface area contributed by atoms with Gasteiger partial charge < -0.3 is 5.11 Å². The van der Waals surface area contributed by atoms with Crippen molar-refractivity contribution in [3.63, 3.8) is 0 Å². The summed E-state index contributed by atoms with van der Waals surface area (Å²) < 4.78 is 1.62. The summed E-state index contributed by atoms with van der Waals surface area (Å²) in [5.41, 5.74) is 2.27. The number of rotatable bonds is 3. The summed E-state index contributed by atoms with van der Waals surface area (Å²) in [4.78, 5) is 26.4. The monoisotopic (exact) mass is 373 g/mol. The first kappa shape index (κ1) is 18.2. The smallest absolute Gasteiger partial charge is 0.262 e. The maximum Gasteiger partial charge on any atom is 0.262 e. The number of hydrogen-bond donors (Lipinski definition) is 1. The average Bonchev–Trinajstić information content (AvgIpc) is 2.65. The molecule has 0 fully saturated rings. The summed E-state index contributed by atoms with van der Waals surface area (Å²) >= 11 is 0. The predicted octanol–water partition coefficient (Wildman–Crippen LogP) is 4.29. The number of carbonyl (C=O) groups is 1. The van der Waals surface area contributed by atoms with Crippen molar-refractivity contribution < 1.29 is 9.90 Å². The van der Waals surface area contributed by atoms with Crippen molar-refractivity contribution in [3.05, 3.63) is 93.4 Å². The molecule has 0 unspecified atom stereocenters. The van der Waals surface area contributed by atoms with E-state index in [1.54, 1.807) is 4.57 Å². The molecule has 0 saturated heterocycles. The van der Waals surface area contributed by atoms with Crippen molar-refractivity contribution >= 4 is 5.78 Å². The van der Waals surface area contributed by atoms with Crippen LogP contribution in [0.3, 0.4) is 0 Å². The molecule has 4 nitrogen and oxygen atoms in total. The molecule has 2 aromatic carbocycles. The second kappa shape index (κ2) is 6.79. The Bertz CT molecular complexity index is 1100. The molecule has 0 atom stereocenters. The maximum atomic E-state index is 13.5. The fourth-order valence-corrected chi connectivity index (χ4v) is 4.07. The third kappa shape index (κ3) is 3.15. The molecule has 1 aliphatic rings. The SMILES string of the molecule is CC1(C)CC(=O)c2c(O)c(Cc3ccccc3)c(=O)n(-c3ccccc3)c2C1. The molecule has 1 N–H and O–H groups in total. The zero-order valence-electron chi connectivity index (χ0n) is 16.1. The summed E-state index contributed by atoms with van der Waals surface area (Å²) in [5, 5.41) is 11.0. The Kier molecular flexibility index (Phi) is 4.42. The molecule has 4 rings (SSSR count). The van der Waals surface area contributed by atoms with Gasteiger partial charge in [-0.25, -0.2) is 0 Å². The fraction of sp³-hybridized carbons (Fsp3) is 0.250. The Morgan fingerprint density at radius 3 is 2.18 bits per heavy atom. The van der Waals surface area contributed by atoms with Crippen LogP contribution in [0, 0.1) is 5.41 Å². The van der Waals surface area contributed by atoms with Gasteiger partial charge in [0, 0.05) is 24.2 Å². The third-order valence-electron chi connectivity index (χ3n) is 5.34. The molecule has 0 saturated carbocycles. The van der Waals surface area contributed by atoms with E-state index in [0.717, 1.165) is 5.56 Å². The second-order valence-electron chi connectivity index (χ2n) is 8.23. The highest BCUT2D eigenvalue weighted by Gasteiger charge is 2.37. The van der Waals surface area contributed by atoms with E-state index in [-0.39, 0.29) is 34.5 Å². The minimum absolute atomic E-state index is 0.109. The highest BCUT2D eigenvalue weighted by Crippen LogP contribution is 2.39. The zero-order chi connectivity index (χ0) is 19.9. The van der Waals surface area contributed by atoms with Crippen LogP contribution in [0.15, 0.2) is 65.5 Å². The Morgan fingerprint density at radius 1 is 0.929 bits per heavy atom. The van der Waals surface area contributed by atoms with Gasteiger partial charge in [-0.3, -0.25) is 14.2 Å². The largest absolute Gasteiger partial charge is 0.507 e. The van der Waals surface area contributed by atoms with Gasteiger partial charge in [-0.2, -0.15) is 0 Å². The standard InChI is InChI=1S/C24H23NO3/c1-24(2)14-19-21(20(26)15-24)22(27)18(13-16-9-5-3-6-10-16)23(28)25(19)17-11-7-4-8-12-17/h3-12,27H,13-15H2,1-2H3. The summed E-state index contributed by atoms with van der Waals surface area (Å²) in [6.07, 6.45) is 1.19. The van der Waals surface area contributed by atoms with Gasteiger partial charge >= 0.3 is 0 Å². The van der Waals surface area contributed by atoms with Crippen LogP contribution in [0.1, 0.15) is 47.4 Å². The Labute approximate surface area is 164 Å². The number of aromatic hydroxyl groups is 1. The van der Waals surface area contributed by atoms with Gasteiger partial charge in [0.2, 0.25) is 0 Å². The quantitative estimate of drug-likeness (QED) is 0.745. The lowest BCUT2D eigenvalue weighted by molar-refractivity contribution is 0.0905. The van der Waals surface area contributed by atoms with Gasteiger partial charge in [0.15, 0.2) is 5.78 Å². The highest BCUT2D eigenvalue weighted by molar-refractivity contribution is 6.01. The number of fused-ring (bicyclic) bond motifs is 1. The lowest BCUT2D eigenvalue weighted by atomic mass is 9.74. The van der Waals surface area contributed by atoms with Gasteiger partial charge in [-0.05, 0) is 29.5 Å². The molecule has 3 aromatic rings. The molecule has 0 amide bonds. The van der Waals surface area contributed by atoms with Crippen molar-refractivity contribution in [1.29, 1.82) is 0 Å². The predicted molar refractivity (Wildman–Crippen MR) is 109 cm³/mol. The van der Waals surface area contributed by atoms with Crippen LogP contribution in [0.5, 0.6) is 5.75 Å². The molecule has 28 heavy (non-hydrogen) atoms. The molecular formula is C24H23NO3. The Balaban J connectivity index is 2.01. The molecule has 1 aromatic heterocycles. The van der Waals surface area contributed by atoms with Crippen molar-refractivity contribution in [1.82, 2.24) is 4.57 Å². The number of nitrogens with zero attached hydrogens (tertiary/aromatic N) is 1. The van der Waals surface area contributed by atoms with Crippen molar-refractivity contribution in [2.45, 2.75) is 33.1 Å². The molecule has 4 heteroatoms. The van der Waals surface area contributed by atoms with E-state index >= 15 is 0 Å². The maximum absolute atomic E-state index is 13.5. The average molecular weight is 373 g/mol. The number of ketones is 1. The number of Topliss-reactive ketones (excluding diaryl/α,β-unsaturated/α-hetero) is 1.